The van der Waals surface area contributed by atoms with Gasteiger partial charge in [-0.3, -0.25) is 4.98 Å². The molecule has 7 heteroatoms. The summed E-state index contributed by atoms with van der Waals surface area (Å²) < 4.78 is 10.8. The topological polar surface area (TPSA) is 63.7 Å². The van der Waals surface area contributed by atoms with E-state index in [0.717, 1.165) is 29.1 Å². The number of esters is 1. The Kier molecular flexibility index (Phi) is 6.28. The molecule has 0 saturated heterocycles. The molecule has 1 aromatic heterocycles. The van der Waals surface area contributed by atoms with Crippen molar-refractivity contribution in [3.63, 3.8) is 0 Å². The number of ether oxygens (including phenoxy) is 2. The largest absolute Gasteiger partial charge is 0.493 e. The third-order valence-corrected chi connectivity index (χ3v) is 5.78. The SMILES string of the molecule is COC(=O)c1ccncc1NC[C@@H]1CCOc2cc(N(C)c3ccc(Cl)cc3)ccc21. The molecular weight excluding hydrogens is 414 g/mol. The molecule has 1 atom stereocenters. The number of carbonyl (C=O) groups excluding carboxylic acids is 1. The number of hydrogen-bond acceptors (Lipinski definition) is 6. The molecule has 2 aromatic carbocycles. The first-order chi connectivity index (χ1) is 15.1. The molecule has 0 fully saturated rings. The standard InChI is InChI=1S/C24H24ClN3O3/c1-28(18-5-3-17(25)4-6-18)19-7-8-20-16(10-12-31-23(20)13-19)14-27-22-15-26-11-9-21(22)24(29)30-2/h3-9,11,13,15-16,27H,10,12,14H2,1-2H3/t16-/m0/s1. The monoisotopic (exact) mass is 437 g/mol. The first-order valence-electron chi connectivity index (χ1n) is 10.1. The van der Waals surface area contributed by atoms with Gasteiger partial charge in [0.2, 0.25) is 0 Å². The molecule has 6 nitrogen and oxygen atoms in total. The lowest BCUT2D eigenvalue weighted by Crippen LogP contribution is -2.22. The van der Waals surface area contributed by atoms with E-state index in [2.05, 4.69) is 33.4 Å². The number of benzene rings is 2. The van der Waals surface area contributed by atoms with Crippen molar-refractivity contribution in [2.45, 2.75) is 12.3 Å². The summed E-state index contributed by atoms with van der Waals surface area (Å²) in [5.41, 5.74) is 4.38. The van der Waals surface area contributed by atoms with Crippen molar-refractivity contribution < 1.29 is 14.3 Å². The fourth-order valence-electron chi connectivity index (χ4n) is 3.74. The summed E-state index contributed by atoms with van der Waals surface area (Å²) in [6, 6.07) is 15.7. The highest BCUT2D eigenvalue weighted by atomic mass is 35.5. The highest BCUT2D eigenvalue weighted by molar-refractivity contribution is 6.30. The van der Waals surface area contributed by atoms with E-state index in [0.29, 0.717) is 29.4 Å². The molecule has 0 amide bonds. The lowest BCUT2D eigenvalue weighted by atomic mass is 9.92. The van der Waals surface area contributed by atoms with Gasteiger partial charge in [0.1, 0.15) is 5.75 Å². The summed E-state index contributed by atoms with van der Waals surface area (Å²) in [6.45, 7) is 1.31. The molecule has 0 bridgehead atoms. The molecule has 4 rings (SSSR count). The lowest BCUT2D eigenvalue weighted by molar-refractivity contribution is 0.0601. The number of fused-ring (bicyclic) bond motifs is 1. The smallest absolute Gasteiger partial charge is 0.340 e. The maximum absolute atomic E-state index is 12.0. The van der Waals surface area contributed by atoms with Crippen LogP contribution in [-0.2, 0) is 4.74 Å². The van der Waals surface area contributed by atoms with E-state index in [1.807, 2.05) is 31.3 Å². The van der Waals surface area contributed by atoms with Gasteiger partial charge in [-0.1, -0.05) is 17.7 Å². The van der Waals surface area contributed by atoms with E-state index in [1.165, 1.54) is 7.11 Å². The predicted molar refractivity (Wildman–Crippen MR) is 123 cm³/mol. The summed E-state index contributed by atoms with van der Waals surface area (Å²) in [7, 11) is 3.39. The highest BCUT2D eigenvalue weighted by Gasteiger charge is 2.23. The van der Waals surface area contributed by atoms with Crippen LogP contribution in [0.15, 0.2) is 60.9 Å². The molecule has 160 valence electrons. The summed E-state index contributed by atoms with van der Waals surface area (Å²) in [5.74, 6) is 0.757. The molecule has 3 aromatic rings. The van der Waals surface area contributed by atoms with Gasteiger partial charge in [-0.15, -0.1) is 0 Å². The van der Waals surface area contributed by atoms with Crippen LogP contribution in [0.4, 0.5) is 17.1 Å². The molecule has 31 heavy (non-hydrogen) atoms. The minimum atomic E-state index is -0.382. The number of nitrogens with zero attached hydrogens (tertiary/aromatic N) is 2. The molecular formula is C24H24ClN3O3. The van der Waals surface area contributed by atoms with E-state index in [4.69, 9.17) is 21.1 Å². The van der Waals surface area contributed by atoms with Gasteiger partial charge in [-0.05, 0) is 48.4 Å². The van der Waals surface area contributed by atoms with Crippen LogP contribution in [0.2, 0.25) is 5.02 Å². The molecule has 2 heterocycles. The van der Waals surface area contributed by atoms with Crippen molar-refractivity contribution in [2.24, 2.45) is 0 Å². The fraction of sp³-hybridized carbons (Fsp3) is 0.250. The molecule has 0 spiro atoms. The van der Waals surface area contributed by atoms with Crippen molar-refractivity contribution in [1.82, 2.24) is 4.98 Å². The second kappa shape index (κ2) is 9.27. The van der Waals surface area contributed by atoms with Crippen LogP contribution >= 0.6 is 11.6 Å². The molecule has 0 unspecified atom stereocenters. The zero-order chi connectivity index (χ0) is 21.8. The van der Waals surface area contributed by atoms with Gasteiger partial charge in [0, 0.05) is 48.2 Å². The maximum atomic E-state index is 12.0. The predicted octanol–water partition coefficient (Wildman–Crippen LogP) is 5.27. The Labute approximate surface area is 186 Å². The average molecular weight is 438 g/mol. The third kappa shape index (κ3) is 4.59. The maximum Gasteiger partial charge on any atom is 0.340 e. The number of halogens is 1. The van der Waals surface area contributed by atoms with Crippen LogP contribution < -0.4 is 15.0 Å². The van der Waals surface area contributed by atoms with E-state index >= 15 is 0 Å². The van der Waals surface area contributed by atoms with E-state index in [9.17, 15) is 4.79 Å². The molecule has 0 radical (unpaired) electrons. The second-order valence-electron chi connectivity index (χ2n) is 7.39. The van der Waals surface area contributed by atoms with E-state index in [1.54, 1.807) is 18.5 Å². The summed E-state index contributed by atoms with van der Waals surface area (Å²) in [5, 5.41) is 4.08. The van der Waals surface area contributed by atoms with Crippen molar-refractivity contribution in [2.75, 3.05) is 37.5 Å². The van der Waals surface area contributed by atoms with Crippen molar-refractivity contribution in [3.05, 3.63) is 77.1 Å². The van der Waals surface area contributed by atoms with E-state index in [-0.39, 0.29) is 11.9 Å². The number of hydrogen-bond donors (Lipinski definition) is 1. The molecule has 0 saturated carbocycles. The van der Waals surface area contributed by atoms with Gasteiger partial charge in [-0.25, -0.2) is 4.79 Å². The fourth-order valence-corrected chi connectivity index (χ4v) is 3.87. The van der Waals surface area contributed by atoms with Gasteiger partial charge >= 0.3 is 5.97 Å². The van der Waals surface area contributed by atoms with E-state index < -0.39 is 0 Å². The van der Waals surface area contributed by atoms with Crippen LogP contribution in [0.3, 0.4) is 0 Å². The van der Waals surface area contributed by atoms with Crippen molar-refractivity contribution in [1.29, 1.82) is 0 Å². The van der Waals surface area contributed by atoms with Crippen molar-refractivity contribution >= 4 is 34.6 Å². The Morgan fingerprint density at radius 1 is 1.23 bits per heavy atom. The average Bonchev–Trinajstić information content (AvgIpc) is 2.82. The Morgan fingerprint density at radius 3 is 2.77 bits per heavy atom. The second-order valence-corrected chi connectivity index (χ2v) is 7.82. The number of carbonyl (C=O) groups is 1. The normalized spacial score (nSPS) is 14.9. The number of aromatic nitrogens is 1. The quantitative estimate of drug-likeness (QED) is 0.530. The van der Waals surface area contributed by atoms with Crippen LogP contribution in [-0.4, -0.2) is 38.3 Å². The molecule has 1 N–H and O–H groups in total. The third-order valence-electron chi connectivity index (χ3n) is 5.53. The van der Waals surface area contributed by atoms with Crippen LogP contribution in [0.5, 0.6) is 5.75 Å². The number of anilines is 3. The van der Waals surface area contributed by atoms with Gasteiger partial charge < -0.3 is 19.7 Å². The summed E-state index contributed by atoms with van der Waals surface area (Å²) >= 11 is 6.01. The minimum Gasteiger partial charge on any atom is -0.493 e. The molecule has 1 aliphatic heterocycles. The first kappa shape index (κ1) is 21.0. The number of methoxy groups -OCH3 is 1. The lowest BCUT2D eigenvalue weighted by Gasteiger charge is -2.28. The Hall–Kier alpha value is -3.25. The van der Waals surface area contributed by atoms with Gasteiger partial charge in [0.25, 0.3) is 0 Å². The van der Waals surface area contributed by atoms with Gasteiger partial charge in [-0.2, -0.15) is 0 Å². The number of rotatable bonds is 6. The van der Waals surface area contributed by atoms with Crippen molar-refractivity contribution in [3.8, 4) is 5.75 Å². The van der Waals surface area contributed by atoms with Crippen LogP contribution in [0.1, 0.15) is 28.3 Å². The number of pyridine rings is 1. The summed E-state index contributed by atoms with van der Waals surface area (Å²) in [6.07, 6.45) is 4.12. The van der Waals surface area contributed by atoms with Gasteiger partial charge in [0.05, 0.1) is 31.2 Å². The summed E-state index contributed by atoms with van der Waals surface area (Å²) in [4.78, 5) is 18.2. The zero-order valence-corrected chi connectivity index (χ0v) is 18.2. The number of nitrogens with one attached hydrogen (secondary N) is 1. The van der Waals surface area contributed by atoms with Crippen LogP contribution in [0, 0.1) is 0 Å². The highest BCUT2D eigenvalue weighted by Crippen LogP contribution is 2.38. The minimum absolute atomic E-state index is 0.254. The molecule has 0 aliphatic carbocycles. The zero-order valence-electron chi connectivity index (χ0n) is 17.5. The Morgan fingerprint density at radius 2 is 2.00 bits per heavy atom. The first-order valence-corrected chi connectivity index (χ1v) is 10.5. The Bertz CT molecular complexity index is 1070. The Balaban J connectivity index is 1.51. The van der Waals surface area contributed by atoms with Crippen LogP contribution in [0.25, 0.3) is 0 Å². The van der Waals surface area contributed by atoms with Gasteiger partial charge in [0.15, 0.2) is 0 Å². The molecule has 1 aliphatic rings.